The van der Waals surface area contributed by atoms with E-state index in [4.69, 9.17) is 0 Å². The molecular weight excluding hydrogens is 320 g/mol. The summed E-state index contributed by atoms with van der Waals surface area (Å²) < 4.78 is 1.06. The van der Waals surface area contributed by atoms with Crippen LogP contribution in [-0.4, -0.2) is 12.2 Å². The van der Waals surface area contributed by atoms with E-state index in [-0.39, 0.29) is 4.75 Å². The Morgan fingerprint density at radius 2 is 1.84 bits per heavy atom. The molecule has 19 heavy (non-hydrogen) atoms. The summed E-state index contributed by atoms with van der Waals surface area (Å²) in [6.45, 7) is 12.0. The lowest BCUT2D eigenvalue weighted by atomic mass is 10.0. The third kappa shape index (κ3) is 6.30. The maximum Gasteiger partial charge on any atom is 0.161 e. The van der Waals surface area contributed by atoms with Crippen molar-refractivity contribution in [2.45, 2.75) is 32.4 Å². The highest BCUT2D eigenvalue weighted by atomic mass is 79.9. The van der Waals surface area contributed by atoms with Crippen LogP contribution in [0.25, 0.3) is 0 Å². The molecule has 0 radical (unpaired) electrons. The van der Waals surface area contributed by atoms with Crippen molar-refractivity contribution in [3.63, 3.8) is 0 Å². The molecule has 1 aromatic carbocycles. The number of nitrogens with one attached hydrogen (secondary N) is 1. The fraction of sp³-hybridized carbons (Fsp3) is 0.400. The van der Waals surface area contributed by atoms with Crippen LogP contribution in [0.15, 0.2) is 46.5 Å². The van der Waals surface area contributed by atoms with E-state index in [9.17, 15) is 0 Å². The number of hydrogen-bond acceptors (Lipinski definition) is 2. The third-order valence-electron chi connectivity index (χ3n) is 2.32. The van der Waals surface area contributed by atoms with Crippen LogP contribution in [0.2, 0.25) is 0 Å². The fourth-order valence-electron chi connectivity index (χ4n) is 1.38. The lowest BCUT2D eigenvalue weighted by molar-refractivity contribution is 0.787. The second kappa shape index (κ2) is 9.21. The Balaban J connectivity index is 0.00000154. The number of amidine groups is 1. The summed E-state index contributed by atoms with van der Waals surface area (Å²) in [6, 6.07) is 8.36. The van der Waals surface area contributed by atoms with Gasteiger partial charge < -0.3 is 5.32 Å². The van der Waals surface area contributed by atoms with Crippen molar-refractivity contribution in [1.82, 2.24) is 5.32 Å². The van der Waals surface area contributed by atoms with E-state index in [1.54, 1.807) is 25.0 Å². The van der Waals surface area contributed by atoms with Gasteiger partial charge in [-0.2, -0.15) is 0 Å². The molecule has 0 fully saturated rings. The lowest BCUT2D eigenvalue weighted by Crippen LogP contribution is -2.22. The van der Waals surface area contributed by atoms with Gasteiger partial charge in [-0.15, -0.1) is 0 Å². The number of benzene rings is 1. The van der Waals surface area contributed by atoms with Crippen LogP contribution < -0.4 is 5.32 Å². The topological polar surface area (TPSA) is 24.4 Å². The summed E-state index contributed by atoms with van der Waals surface area (Å²) in [5, 5.41) is 3.91. The first kappa shape index (κ1) is 18.3. The first-order chi connectivity index (χ1) is 8.99. The molecule has 1 rings (SSSR count). The second-order valence-corrected chi connectivity index (χ2v) is 6.52. The molecule has 0 heterocycles. The first-order valence-electron chi connectivity index (χ1n) is 6.29. The maximum atomic E-state index is 4.19. The summed E-state index contributed by atoms with van der Waals surface area (Å²) >= 11 is 5.13. The molecule has 0 saturated carbocycles. The number of halogens is 1. The van der Waals surface area contributed by atoms with Gasteiger partial charge in [-0.3, -0.25) is 4.99 Å². The minimum absolute atomic E-state index is 0.0362. The van der Waals surface area contributed by atoms with Crippen molar-refractivity contribution >= 4 is 32.9 Å². The highest BCUT2D eigenvalue weighted by Gasteiger charge is 2.23. The van der Waals surface area contributed by atoms with Crippen LogP contribution in [-0.2, 0) is 4.75 Å². The Kier molecular flexibility index (Phi) is 8.85. The Morgan fingerprint density at radius 3 is 2.26 bits per heavy atom. The van der Waals surface area contributed by atoms with Gasteiger partial charge in [-0.05, 0) is 37.7 Å². The van der Waals surface area contributed by atoms with Crippen molar-refractivity contribution in [1.29, 1.82) is 0 Å². The summed E-state index contributed by atoms with van der Waals surface area (Å²) in [4.78, 5) is 4.19. The zero-order valence-corrected chi connectivity index (χ0v) is 14.7. The van der Waals surface area contributed by atoms with E-state index >= 15 is 0 Å². The van der Waals surface area contributed by atoms with E-state index in [0.29, 0.717) is 0 Å². The zero-order valence-electron chi connectivity index (χ0n) is 12.3. The fourth-order valence-corrected chi connectivity index (χ4v) is 2.61. The van der Waals surface area contributed by atoms with Gasteiger partial charge in [0.1, 0.15) is 0 Å². The highest BCUT2D eigenvalue weighted by Crippen LogP contribution is 2.36. The van der Waals surface area contributed by atoms with Gasteiger partial charge >= 0.3 is 0 Å². The average molecular weight is 343 g/mol. The predicted molar refractivity (Wildman–Crippen MR) is 92.8 cm³/mol. The predicted octanol–water partition coefficient (Wildman–Crippen LogP) is 5.16. The van der Waals surface area contributed by atoms with E-state index in [1.165, 1.54) is 5.56 Å². The van der Waals surface area contributed by atoms with Crippen LogP contribution in [0, 0.1) is 0 Å². The summed E-state index contributed by atoms with van der Waals surface area (Å²) in [7, 11) is 1.77. The number of rotatable bonds is 3. The molecule has 0 amide bonds. The molecule has 2 nitrogen and oxygen atoms in total. The molecule has 0 atom stereocenters. The highest BCUT2D eigenvalue weighted by molar-refractivity contribution is 9.10. The van der Waals surface area contributed by atoms with Gasteiger partial charge in [-0.25, -0.2) is 0 Å². The molecular formula is C15H23BrN2S. The zero-order chi connectivity index (χ0) is 14.9. The molecule has 0 aromatic heterocycles. The molecule has 1 N–H and O–H groups in total. The maximum absolute atomic E-state index is 4.19. The number of aliphatic imine (C=N–C) groups is 1. The molecule has 0 aliphatic rings. The monoisotopic (exact) mass is 342 g/mol. The molecule has 0 bridgehead atoms. The van der Waals surface area contributed by atoms with Crippen LogP contribution >= 0.6 is 27.7 Å². The normalized spacial score (nSPS) is 11.4. The molecule has 0 aliphatic carbocycles. The largest absolute Gasteiger partial charge is 0.342 e. The Hall–Kier alpha value is -0.740. The standard InChI is InChI=1S/C13H17BrN2S.C2H6/c1-5-16-12(15-4)17-13(2,3)10-6-8-11(14)9-7-10;1-2/h5-9H,1H2,2-4H3,(H,15,16);1-2H3. The molecule has 0 aliphatic heterocycles. The van der Waals surface area contributed by atoms with Crippen molar-refractivity contribution < 1.29 is 0 Å². The minimum atomic E-state index is -0.0362. The van der Waals surface area contributed by atoms with Crippen molar-refractivity contribution in [2.75, 3.05) is 7.05 Å². The molecule has 0 unspecified atom stereocenters. The Labute approximate surface area is 129 Å². The van der Waals surface area contributed by atoms with E-state index in [1.807, 2.05) is 13.8 Å². The van der Waals surface area contributed by atoms with Crippen molar-refractivity contribution in [3.05, 3.63) is 47.1 Å². The minimum Gasteiger partial charge on any atom is -0.342 e. The van der Waals surface area contributed by atoms with Gasteiger partial charge in [0, 0.05) is 16.3 Å². The van der Waals surface area contributed by atoms with E-state index in [0.717, 1.165) is 9.64 Å². The molecule has 4 heteroatoms. The van der Waals surface area contributed by atoms with E-state index < -0.39 is 0 Å². The lowest BCUT2D eigenvalue weighted by Gasteiger charge is -2.25. The first-order valence-corrected chi connectivity index (χ1v) is 7.90. The van der Waals surface area contributed by atoms with E-state index in [2.05, 4.69) is 70.9 Å². The van der Waals surface area contributed by atoms with Crippen molar-refractivity contribution in [2.24, 2.45) is 4.99 Å². The SMILES string of the molecule is C=CNC(=NC)SC(C)(C)c1ccc(Br)cc1.CC. The van der Waals surface area contributed by atoms with Gasteiger partial charge in [0.05, 0.1) is 0 Å². The quantitative estimate of drug-likeness (QED) is 0.605. The summed E-state index contributed by atoms with van der Waals surface area (Å²) in [5.74, 6) is 0. The van der Waals surface area contributed by atoms with Crippen LogP contribution in [0.3, 0.4) is 0 Å². The van der Waals surface area contributed by atoms with Crippen molar-refractivity contribution in [3.8, 4) is 0 Å². The number of thioether (sulfide) groups is 1. The van der Waals surface area contributed by atoms with Crippen LogP contribution in [0.5, 0.6) is 0 Å². The Morgan fingerprint density at radius 1 is 1.32 bits per heavy atom. The molecule has 0 saturated heterocycles. The molecule has 1 aromatic rings. The number of hydrogen-bond donors (Lipinski definition) is 1. The van der Waals surface area contributed by atoms with Gasteiger partial charge in [0.15, 0.2) is 5.17 Å². The van der Waals surface area contributed by atoms with Gasteiger partial charge in [0.2, 0.25) is 0 Å². The smallest absolute Gasteiger partial charge is 0.161 e. The second-order valence-electron chi connectivity index (χ2n) is 4.00. The van der Waals surface area contributed by atoms with Gasteiger partial charge in [0.25, 0.3) is 0 Å². The number of nitrogens with zero attached hydrogens (tertiary/aromatic N) is 1. The molecule has 0 spiro atoms. The van der Waals surface area contributed by atoms with Crippen LogP contribution in [0.4, 0.5) is 0 Å². The third-order valence-corrected chi connectivity index (χ3v) is 4.09. The van der Waals surface area contributed by atoms with Crippen LogP contribution in [0.1, 0.15) is 33.3 Å². The van der Waals surface area contributed by atoms with Gasteiger partial charge in [-0.1, -0.05) is 60.3 Å². The summed E-state index contributed by atoms with van der Waals surface area (Å²) in [5.41, 5.74) is 1.26. The molecule has 106 valence electrons. The Bertz CT molecular complexity index is 411. The average Bonchev–Trinajstić information content (AvgIpc) is 2.41. The summed E-state index contributed by atoms with van der Waals surface area (Å²) in [6.07, 6.45) is 1.65.